The van der Waals surface area contributed by atoms with Gasteiger partial charge < -0.3 is 20.4 Å². The first kappa shape index (κ1) is 18.5. The lowest BCUT2D eigenvalue weighted by Gasteiger charge is -2.25. The normalized spacial score (nSPS) is 12.8. The minimum absolute atomic E-state index is 0.0664. The van der Waals surface area contributed by atoms with Crippen molar-refractivity contribution in [1.82, 2.24) is 10.2 Å². The molecule has 0 saturated heterocycles. The Morgan fingerprint density at radius 1 is 1.35 bits per heavy atom. The minimum Gasteiger partial charge on any atom is -0.481 e. The van der Waals surface area contributed by atoms with Gasteiger partial charge in [-0.15, -0.1) is 0 Å². The van der Waals surface area contributed by atoms with Crippen molar-refractivity contribution in [3.05, 3.63) is 0 Å². The summed E-state index contributed by atoms with van der Waals surface area (Å²) in [6.07, 6.45) is -3.95. The summed E-state index contributed by atoms with van der Waals surface area (Å²) in [6.45, 7) is -0.865. The first-order valence-electron chi connectivity index (χ1n) is 6.10. The third-order valence-corrected chi connectivity index (χ3v) is 2.42. The summed E-state index contributed by atoms with van der Waals surface area (Å²) in [5.41, 5.74) is 0. The molecule has 118 valence electrons. The van der Waals surface area contributed by atoms with Crippen molar-refractivity contribution in [3.63, 3.8) is 0 Å². The van der Waals surface area contributed by atoms with E-state index in [-0.39, 0.29) is 6.42 Å². The van der Waals surface area contributed by atoms with Gasteiger partial charge in [-0.3, -0.25) is 4.79 Å². The smallest absolute Gasteiger partial charge is 0.406 e. The van der Waals surface area contributed by atoms with Crippen LogP contribution >= 0.6 is 0 Å². The molecule has 9 heteroatoms. The number of nitrogens with zero attached hydrogens (tertiary/aromatic N) is 1. The van der Waals surface area contributed by atoms with Crippen LogP contribution in [0.2, 0.25) is 0 Å². The van der Waals surface area contributed by atoms with Crippen LogP contribution in [0.15, 0.2) is 0 Å². The molecule has 0 aliphatic heterocycles. The predicted molar refractivity (Wildman–Crippen MR) is 64.2 cm³/mol. The molecule has 1 atom stereocenters. The average Bonchev–Trinajstić information content (AvgIpc) is 2.25. The lowest BCUT2D eigenvalue weighted by molar-refractivity contribution is -0.141. The highest BCUT2D eigenvalue weighted by Crippen LogP contribution is 2.16. The number of halogens is 3. The van der Waals surface area contributed by atoms with Crippen LogP contribution in [0.1, 0.15) is 26.2 Å². The fraction of sp³-hybridized carbons (Fsp3) is 0.818. The van der Waals surface area contributed by atoms with Crippen LogP contribution in [-0.2, 0) is 4.79 Å². The molecular formula is C11H19F3N2O4. The Labute approximate surface area is 114 Å². The fourth-order valence-electron chi connectivity index (χ4n) is 1.52. The van der Waals surface area contributed by atoms with Crippen LogP contribution in [-0.4, -0.2) is 59.0 Å². The van der Waals surface area contributed by atoms with Crippen LogP contribution in [0.5, 0.6) is 0 Å². The summed E-state index contributed by atoms with van der Waals surface area (Å²) in [5, 5.41) is 19.5. The van der Waals surface area contributed by atoms with E-state index in [0.717, 1.165) is 0 Å². The number of urea groups is 1. The van der Waals surface area contributed by atoms with E-state index >= 15 is 0 Å². The number of alkyl halides is 3. The number of nitrogens with one attached hydrogen (secondary N) is 1. The van der Waals surface area contributed by atoms with E-state index < -0.39 is 43.9 Å². The number of amides is 2. The van der Waals surface area contributed by atoms with Crippen molar-refractivity contribution in [1.29, 1.82) is 0 Å². The number of aliphatic hydroxyl groups excluding tert-OH is 1. The number of rotatable bonds is 8. The Balaban J connectivity index is 4.26. The Morgan fingerprint density at radius 3 is 2.40 bits per heavy atom. The van der Waals surface area contributed by atoms with Crippen molar-refractivity contribution in [2.24, 2.45) is 0 Å². The average molecular weight is 300 g/mol. The van der Waals surface area contributed by atoms with E-state index in [1.165, 1.54) is 0 Å². The second-order valence-corrected chi connectivity index (χ2v) is 4.40. The molecule has 0 rings (SSSR count). The zero-order valence-corrected chi connectivity index (χ0v) is 11.1. The summed E-state index contributed by atoms with van der Waals surface area (Å²) in [6, 6.07) is -1.38. The van der Waals surface area contributed by atoms with E-state index in [2.05, 4.69) is 5.32 Å². The molecular weight excluding hydrogens is 281 g/mol. The van der Waals surface area contributed by atoms with Crippen molar-refractivity contribution < 1.29 is 33.0 Å². The van der Waals surface area contributed by atoms with E-state index in [4.69, 9.17) is 10.2 Å². The highest BCUT2D eigenvalue weighted by molar-refractivity contribution is 5.74. The molecule has 0 radical (unpaired) electrons. The lowest BCUT2D eigenvalue weighted by Crippen LogP contribution is -2.48. The maximum atomic E-state index is 12.2. The number of carboxylic acids is 1. The number of aliphatic carboxylic acids is 1. The Bertz CT molecular complexity index is 323. The molecule has 0 aromatic carbocycles. The van der Waals surface area contributed by atoms with Crippen LogP contribution in [0.4, 0.5) is 18.0 Å². The van der Waals surface area contributed by atoms with Crippen LogP contribution < -0.4 is 5.32 Å². The van der Waals surface area contributed by atoms with Crippen molar-refractivity contribution in [2.75, 3.05) is 19.7 Å². The van der Waals surface area contributed by atoms with E-state index in [1.807, 2.05) is 0 Å². The number of carbonyl (C=O) groups excluding carboxylic acids is 1. The van der Waals surface area contributed by atoms with Gasteiger partial charge in [0.05, 0.1) is 6.61 Å². The molecule has 0 saturated carbocycles. The molecule has 6 nitrogen and oxygen atoms in total. The number of hydrogen-bond donors (Lipinski definition) is 3. The topological polar surface area (TPSA) is 89.9 Å². The van der Waals surface area contributed by atoms with Crippen LogP contribution in [0, 0.1) is 0 Å². The largest absolute Gasteiger partial charge is 0.481 e. The van der Waals surface area contributed by atoms with Crippen molar-refractivity contribution in [2.45, 2.75) is 38.4 Å². The van der Waals surface area contributed by atoms with Gasteiger partial charge in [0.1, 0.15) is 6.54 Å². The van der Waals surface area contributed by atoms with Gasteiger partial charge >= 0.3 is 18.2 Å². The molecule has 0 fully saturated rings. The molecule has 0 aromatic heterocycles. The lowest BCUT2D eigenvalue weighted by atomic mass is 10.1. The molecule has 0 aliphatic rings. The highest BCUT2D eigenvalue weighted by atomic mass is 19.4. The quantitative estimate of drug-likeness (QED) is 0.628. The van der Waals surface area contributed by atoms with E-state index in [9.17, 15) is 22.8 Å². The Hall–Kier alpha value is -1.51. The summed E-state index contributed by atoms with van der Waals surface area (Å²) < 4.78 is 36.7. The fourth-order valence-corrected chi connectivity index (χ4v) is 1.52. The zero-order valence-electron chi connectivity index (χ0n) is 11.1. The minimum atomic E-state index is -4.54. The third-order valence-electron chi connectivity index (χ3n) is 2.42. The second-order valence-electron chi connectivity index (χ2n) is 4.40. The first-order chi connectivity index (χ1) is 9.15. The van der Waals surface area contributed by atoms with Gasteiger partial charge in [-0.2, -0.15) is 13.2 Å². The number of hydrogen-bond acceptors (Lipinski definition) is 3. The predicted octanol–water partition coefficient (Wildman–Crippen LogP) is 1.20. The summed E-state index contributed by atoms with van der Waals surface area (Å²) in [7, 11) is 0. The zero-order chi connectivity index (χ0) is 15.8. The molecule has 0 heterocycles. The van der Waals surface area contributed by atoms with Gasteiger partial charge in [0.25, 0.3) is 0 Å². The summed E-state index contributed by atoms with van der Waals surface area (Å²) in [4.78, 5) is 22.4. The number of carbonyl (C=O) groups is 2. The van der Waals surface area contributed by atoms with Gasteiger partial charge in [-0.25, -0.2) is 4.79 Å². The van der Waals surface area contributed by atoms with Crippen LogP contribution in [0.3, 0.4) is 0 Å². The van der Waals surface area contributed by atoms with Crippen molar-refractivity contribution in [3.8, 4) is 0 Å². The molecule has 1 unspecified atom stereocenters. The molecule has 0 aliphatic carbocycles. The SMILES string of the molecule is CC(CCCC(=O)O)NC(=O)N(CCO)CC(F)(F)F. The molecule has 0 bridgehead atoms. The Kier molecular flexibility index (Phi) is 7.97. The monoisotopic (exact) mass is 300 g/mol. The second kappa shape index (κ2) is 8.62. The van der Waals surface area contributed by atoms with Gasteiger partial charge in [0.15, 0.2) is 0 Å². The van der Waals surface area contributed by atoms with Gasteiger partial charge in [0.2, 0.25) is 0 Å². The number of carboxylic acid groups (broad SMARTS) is 1. The number of aliphatic hydroxyl groups is 1. The first-order valence-corrected chi connectivity index (χ1v) is 6.10. The summed E-state index contributed by atoms with van der Waals surface area (Å²) >= 11 is 0. The standard InChI is InChI=1S/C11H19F3N2O4/c1-8(3-2-4-9(18)19)15-10(20)16(5-6-17)7-11(12,13)14/h8,17H,2-7H2,1H3,(H,15,20)(H,18,19). The maximum absolute atomic E-state index is 12.2. The third kappa shape index (κ3) is 9.42. The van der Waals surface area contributed by atoms with E-state index in [1.54, 1.807) is 6.92 Å². The van der Waals surface area contributed by atoms with E-state index in [0.29, 0.717) is 17.7 Å². The maximum Gasteiger partial charge on any atom is 0.406 e. The molecule has 2 amide bonds. The molecule has 20 heavy (non-hydrogen) atoms. The van der Waals surface area contributed by atoms with Gasteiger partial charge in [-0.1, -0.05) is 0 Å². The van der Waals surface area contributed by atoms with Gasteiger partial charge in [-0.05, 0) is 19.8 Å². The van der Waals surface area contributed by atoms with Gasteiger partial charge in [0, 0.05) is 19.0 Å². The molecule has 3 N–H and O–H groups in total. The molecule has 0 spiro atoms. The molecule has 0 aromatic rings. The highest BCUT2D eigenvalue weighted by Gasteiger charge is 2.33. The Morgan fingerprint density at radius 2 is 1.95 bits per heavy atom. The summed E-state index contributed by atoms with van der Waals surface area (Å²) in [5.74, 6) is -0.970. The van der Waals surface area contributed by atoms with Crippen LogP contribution in [0.25, 0.3) is 0 Å². The van der Waals surface area contributed by atoms with Crippen molar-refractivity contribution >= 4 is 12.0 Å².